The lowest BCUT2D eigenvalue weighted by Crippen LogP contribution is -2.45. The van der Waals surface area contributed by atoms with Gasteiger partial charge in [0.2, 0.25) is 0 Å². The van der Waals surface area contributed by atoms with E-state index in [9.17, 15) is 4.79 Å². The average Bonchev–Trinajstić information content (AvgIpc) is 3.09. The van der Waals surface area contributed by atoms with Crippen molar-refractivity contribution in [1.82, 2.24) is 20.2 Å². The van der Waals surface area contributed by atoms with Gasteiger partial charge in [0.1, 0.15) is 17.8 Å². The second kappa shape index (κ2) is 7.52. The lowest BCUT2D eigenvalue weighted by Gasteiger charge is -2.33. The van der Waals surface area contributed by atoms with E-state index in [0.717, 1.165) is 38.4 Å². The Morgan fingerprint density at radius 1 is 1.30 bits per heavy atom. The van der Waals surface area contributed by atoms with Gasteiger partial charge in [-0.05, 0) is 24.9 Å². The fourth-order valence-corrected chi connectivity index (χ4v) is 3.23. The van der Waals surface area contributed by atoms with Gasteiger partial charge in [-0.25, -0.2) is 9.97 Å². The van der Waals surface area contributed by atoms with Crippen LogP contribution in [0.3, 0.4) is 0 Å². The fourth-order valence-electron chi connectivity index (χ4n) is 2.52. The first-order chi connectivity index (χ1) is 11.2. The molecule has 2 aromatic heterocycles. The Balaban J connectivity index is 1.56. The highest BCUT2D eigenvalue weighted by atomic mass is 32.1. The van der Waals surface area contributed by atoms with Gasteiger partial charge in [0, 0.05) is 43.7 Å². The molecule has 6 nitrogen and oxygen atoms in total. The molecule has 23 heavy (non-hydrogen) atoms. The molecule has 0 aromatic carbocycles. The molecule has 7 heteroatoms. The van der Waals surface area contributed by atoms with Crippen LogP contribution in [0, 0.1) is 0 Å². The Morgan fingerprint density at radius 2 is 2.13 bits per heavy atom. The molecule has 0 spiro atoms. The van der Waals surface area contributed by atoms with Crippen LogP contribution < -0.4 is 10.2 Å². The highest BCUT2D eigenvalue weighted by molar-refractivity contribution is 7.09. The summed E-state index contributed by atoms with van der Waals surface area (Å²) < 4.78 is 0. The number of likely N-dealkylation sites (N-methyl/N-ethyl adjacent to an activating group) is 1. The molecule has 0 bridgehead atoms. The fraction of sp³-hybridized carbons (Fsp3) is 0.438. The maximum Gasteiger partial charge on any atom is 0.270 e. The third-order valence-electron chi connectivity index (χ3n) is 3.95. The summed E-state index contributed by atoms with van der Waals surface area (Å²) in [6.45, 7) is 4.48. The van der Waals surface area contributed by atoms with Crippen LogP contribution in [0.2, 0.25) is 0 Å². The molecule has 1 N–H and O–H groups in total. The smallest absolute Gasteiger partial charge is 0.270 e. The van der Waals surface area contributed by atoms with Crippen molar-refractivity contribution in [3.8, 4) is 0 Å². The van der Waals surface area contributed by atoms with Crippen molar-refractivity contribution in [2.24, 2.45) is 0 Å². The number of anilines is 1. The number of piperazine rings is 1. The SMILES string of the molecule is CN1CCN(c2cc(C(=O)NCCc3cccs3)ncn2)CC1. The summed E-state index contributed by atoms with van der Waals surface area (Å²) in [5, 5.41) is 4.97. The first-order valence-corrected chi connectivity index (χ1v) is 8.66. The van der Waals surface area contributed by atoms with Crippen LogP contribution in [-0.4, -0.2) is 60.5 Å². The van der Waals surface area contributed by atoms with Crippen LogP contribution in [-0.2, 0) is 6.42 Å². The minimum Gasteiger partial charge on any atom is -0.354 e. The quantitative estimate of drug-likeness (QED) is 0.894. The molecule has 0 unspecified atom stereocenters. The predicted octanol–water partition coefficient (Wildman–Crippen LogP) is 1.26. The lowest BCUT2D eigenvalue weighted by molar-refractivity contribution is 0.0949. The molecular weight excluding hydrogens is 310 g/mol. The van der Waals surface area contributed by atoms with Gasteiger partial charge < -0.3 is 15.1 Å². The zero-order chi connectivity index (χ0) is 16.1. The molecule has 0 atom stereocenters. The third-order valence-corrected chi connectivity index (χ3v) is 4.89. The second-order valence-corrected chi connectivity index (χ2v) is 6.67. The summed E-state index contributed by atoms with van der Waals surface area (Å²) in [6.07, 6.45) is 2.32. The van der Waals surface area contributed by atoms with Crippen LogP contribution in [0.15, 0.2) is 29.9 Å². The van der Waals surface area contributed by atoms with E-state index in [2.05, 4.69) is 38.2 Å². The number of rotatable bonds is 5. The van der Waals surface area contributed by atoms with Crippen LogP contribution in [0.4, 0.5) is 5.82 Å². The number of carbonyl (C=O) groups excluding carboxylic acids is 1. The number of thiophene rings is 1. The number of hydrogen-bond donors (Lipinski definition) is 1. The first kappa shape index (κ1) is 15.9. The monoisotopic (exact) mass is 331 g/mol. The molecule has 1 saturated heterocycles. The Morgan fingerprint density at radius 3 is 2.87 bits per heavy atom. The minimum atomic E-state index is -0.140. The summed E-state index contributed by atoms with van der Waals surface area (Å²) in [7, 11) is 2.11. The first-order valence-electron chi connectivity index (χ1n) is 7.78. The van der Waals surface area contributed by atoms with Crippen molar-refractivity contribution in [2.45, 2.75) is 6.42 Å². The van der Waals surface area contributed by atoms with Crippen LogP contribution in [0.1, 0.15) is 15.4 Å². The molecule has 1 aliphatic heterocycles. The number of hydrogen-bond acceptors (Lipinski definition) is 6. The highest BCUT2D eigenvalue weighted by Crippen LogP contribution is 2.13. The molecular formula is C16H21N5OS. The zero-order valence-corrected chi connectivity index (χ0v) is 14.1. The van der Waals surface area contributed by atoms with Gasteiger partial charge in [0.25, 0.3) is 5.91 Å². The van der Waals surface area contributed by atoms with E-state index in [0.29, 0.717) is 12.2 Å². The van der Waals surface area contributed by atoms with Gasteiger partial charge in [-0.3, -0.25) is 4.79 Å². The Kier molecular flexibility index (Phi) is 5.19. The van der Waals surface area contributed by atoms with Crippen molar-refractivity contribution in [3.63, 3.8) is 0 Å². The molecule has 3 heterocycles. The maximum atomic E-state index is 12.2. The van der Waals surface area contributed by atoms with E-state index >= 15 is 0 Å². The van der Waals surface area contributed by atoms with E-state index in [1.165, 1.54) is 11.2 Å². The summed E-state index contributed by atoms with van der Waals surface area (Å²) in [5.41, 5.74) is 0.431. The van der Waals surface area contributed by atoms with Crippen molar-refractivity contribution in [2.75, 3.05) is 44.7 Å². The molecule has 0 saturated carbocycles. The van der Waals surface area contributed by atoms with E-state index in [4.69, 9.17) is 0 Å². The maximum absolute atomic E-state index is 12.2. The van der Waals surface area contributed by atoms with E-state index in [-0.39, 0.29) is 5.91 Å². The summed E-state index contributed by atoms with van der Waals surface area (Å²) in [5.74, 6) is 0.691. The average molecular weight is 331 g/mol. The van der Waals surface area contributed by atoms with Gasteiger partial charge in [-0.1, -0.05) is 6.07 Å². The molecule has 1 fully saturated rings. The van der Waals surface area contributed by atoms with Gasteiger partial charge in [0.15, 0.2) is 0 Å². The van der Waals surface area contributed by atoms with Gasteiger partial charge in [-0.15, -0.1) is 11.3 Å². The van der Waals surface area contributed by atoms with Crippen LogP contribution >= 0.6 is 11.3 Å². The topological polar surface area (TPSA) is 61.4 Å². The number of nitrogens with zero attached hydrogens (tertiary/aromatic N) is 4. The normalized spacial score (nSPS) is 15.6. The molecule has 1 amide bonds. The van der Waals surface area contributed by atoms with E-state index in [1.54, 1.807) is 17.4 Å². The Labute approximate surface area is 140 Å². The zero-order valence-electron chi connectivity index (χ0n) is 13.2. The molecule has 1 aliphatic rings. The second-order valence-electron chi connectivity index (χ2n) is 5.64. The molecule has 2 aromatic rings. The third kappa shape index (κ3) is 4.27. The standard InChI is InChI=1S/C16H21N5OS/c1-20-6-8-21(9-7-20)15-11-14(18-12-19-15)16(22)17-5-4-13-3-2-10-23-13/h2-3,10-12H,4-9H2,1H3,(H,17,22). The summed E-state index contributed by atoms with van der Waals surface area (Å²) in [6, 6.07) is 5.88. The predicted molar refractivity (Wildman–Crippen MR) is 92.1 cm³/mol. The van der Waals surface area contributed by atoms with Gasteiger partial charge in [-0.2, -0.15) is 0 Å². The van der Waals surface area contributed by atoms with Crippen LogP contribution in [0.25, 0.3) is 0 Å². The van der Waals surface area contributed by atoms with Crippen molar-refractivity contribution >= 4 is 23.1 Å². The van der Waals surface area contributed by atoms with E-state index in [1.807, 2.05) is 11.4 Å². The van der Waals surface area contributed by atoms with Crippen molar-refractivity contribution in [1.29, 1.82) is 0 Å². The molecule has 122 valence electrons. The summed E-state index contributed by atoms with van der Waals surface area (Å²) >= 11 is 1.70. The highest BCUT2D eigenvalue weighted by Gasteiger charge is 2.17. The largest absolute Gasteiger partial charge is 0.354 e. The summed E-state index contributed by atoms with van der Waals surface area (Å²) in [4.78, 5) is 26.4. The molecule has 0 radical (unpaired) electrons. The van der Waals surface area contributed by atoms with E-state index < -0.39 is 0 Å². The number of nitrogens with one attached hydrogen (secondary N) is 1. The van der Waals surface area contributed by atoms with Gasteiger partial charge >= 0.3 is 0 Å². The molecule has 3 rings (SSSR count). The number of carbonyl (C=O) groups is 1. The number of amides is 1. The minimum absolute atomic E-state index is 0.140. The van der Waals surface area contributed by atoms with Crippen molar-refractivity contribution in [3.05, 3.63) is 40.5 Å². The van der Waals surface area contributed by atoms with Crippen LogP contribution in [0.5, 0.6) is 0 Å². The number of aromatic nitrogens is 2. The molecule has 0 aliphatic carbocycles. The van der Waals surface area contributed by atoms with Crippen molar-refractivity contribution < 1.29 is 4.79 Å². The Hall–Kier alpha value is -1.99. The Bertz CT molecular complexity index is 638. The lowest BCUT2D eigenvalue weighted by atomic mass is 10.3. The van der Waals surface area contributed by atoms with Gasteiger partial charge in [0.05, 0.1) is 0 Å².